The second-order valence-electron chi connectivity index (χ2n) is 4.84. The molecule has 108 valence electrons. The number of nitrogens with one attached hydrogen (secondary N) is 1. The van der Waals surface area contributed by atoms with Crippen LogP contribution >= 0.6 is 0 Å². The van der Waals surface area contributed by atoms with E-state index in [2.05, 4.69) is 10.3 Å². The number of fused-ring (bicyclic) bond motifs is 1. The fourth-order valence-electron chi connectivity index (χ4n) is 2.20. The molecule has 0 saturated heterocycles. The van der Waals surface area contributed by atoms with Crippen molar-refractivity contribution in [2.45, 2.75) is 13.5 Å². The van der Waals surface area contributed by atoms with Gasteiger partial charge in [-0.3, -0.25) is 9.78 Å². The van der Waals surface area contributed by atoms with Gasteiger partial charge in [0.2, 0.25) is 0 Å². The van der Waals surface area contributed by atoms with Crippen LogP contribution in [0.3, 0.4) is 0 Å². The van der Waals surface area contributed by atoms with Gasteiger partial charge in [0, 0.05) is 24.5 Å². The number of hydrogen-bond acceptors (Lipinski definition) is 4. The fourth-order valence-corrected chi connectivity index (χ4v) is 2.20. The van der Waals surface area contributed by atoms with E-state index in [-0.39, 0.29) is 5.91 Å². The lowest BCUT2D eigenvalue weighted by Crippen LogP contribution is -2.23. The van der Waals surface area contributed by atoms with Gasteiger partial charge in [0.1, 0.15) is 13.2 Å². The molecule has 3 rings (SSSR count). The number of hydrogen-bond donors (Lipinski definition) is 1. The maximum atomic E-state index is 12.0. The van der Waals surface area contributed by atoms with Crippen molar-refractivity contribution in [3.8, 4) is 11.5 Å². The number of carbonyl (C=O) groups excluding carboxylic acids is 1. The summed E-state index contributed by atoms with van der Waals surface area (Å²) in [5.41, 5.74) is 2.68. The average Bonchev–Trinajstić information content (AvgIpc) is 2.53. The van der Waals surface area contributed by atoms with Gasteiger partial charge in [0.15, 0.2) is 11.5 Å². The Labute approximate surface area is 122 Å². The van der Waals surface area contributed by atoms with Gasteiger partial charge in [-0.25, -0.2) is 0 Å². The van der Waals surface area contributed by atoms with Crippen LogP contribution in [0.25, 0.3) is 0 Å². The van der Waals surface area contributed by atoms with E-state index < -0.39 is 0 Å². The van der Waals surface area contributed by atoms with Crippen LogP contribution in [0.5, 0.6) is 11.5 Å². The largest absolute Gasteiger partial charge is 0.486 e. The molecule has 5 nitrogen and oxygen atoms in total. The number of benzene rings is 1. The highest BCUT2D eigenvalue weighted by molar-refractivity contribution is 5.93. The topological polar surface area (TPSA) is 60.5 Å². The molecule has 5 heteroatoms. The Morgan fingerprint density at radius 3 is 2.57 bits per heavy atom. The molecule has 0 saturated carbocycles. The summed E-state index contributed by atoms with van der Waals surface area (Å²) in [6.07, 6.45) is 3.20. The van der Waals surface area contributed by atoms with Crippen molar-refractivity contribution in [3.63, 3.8) is 0 Å². The van der Waals surface area contributed by atoms with Crippen LogP contribution in [0.15, 0.2) is 36.7 Å². The van der Waals surface area contributed by atoms with Crippen LogP contribution < -0.4 is 14.8 Å². The van der Waals surface area contributed by atoms with Crippen LogP contribution in [-0.2, 0) is 6.54 Å². The summed E-state index contributed by atoms with van der Waals surface area (Å²) in [5, 5.41) is 2.90. The summed E-state index contributed by atoms with van der Waals surface area (Å²) < 4.78 is 11.1. The van der Waals surface area contributed by atoms with Crippen molar-refractivity contribution in [1.82, 2.24) is 10.3 Å². The quantitative estimate of drug-likeness (QED) is 0.937. The van der Waals surface area contributed by atoms with Crippen molar-refractivity contribution in [1.29, 1.82) is 0 Å². The molecule has 0 atom stereocenters. The van der Waals surface area contributed by atoms with Gasteiger partial charge in [-0.15, -0.1) is 0 Å². The summed E-state index contributed by atoms with van der Waals surface area (Å²) in [5.74, 6) is 1.38. The molecule has 0 bridgehead atoms. The third kappa shape index (κ3) is 2.97. The first-order valence-electron chi connectivity index (χ1n) is 6.81. The Hall–Kier alpha value is -2.56. The molecule has 1 aromatic carbocycles. The highest BCUT2D eigenvalue weighted by Gasteiger charge is 2.14. The molecule has 1 aliphatic heterocycles. The number of amides is 1. The molecule has 1 aromatic heterocycles. The first-order valence-corrected chi connectivity index (χ1v) is 6.81. The normalized spacial score (nSPS) is 12.8. The molecule has 0 aliphatic carbocycles. The maximum Gasteiger partial charge on any atom is 0.251 e. The maximum absolute atomic E-state index is 12.0. The summed E-state index contributed by atoms with van der Waals surface area (Å²) in [6, 6.07) is 7.25. The highest BCUT2D eigenvalue weighted by Crippen LogP contribution is 2.32. The number of carbonyl (C=O) groups is 1. The van der Waals surface area contributed by atoms with Gasteiger partial charge in [0.05, 0.1) is 0 Å². The van der Waals surface area contributed by atoms with Crippen molar-refractivity contribution >= 4 is 5.91 Å². The Morgan fingerprint density at radius 1 is 1.19 bits per heavy atom. The molecular formula is C16H16N2O3. The molecule has 0 unspecified atom stereocenters. The molecule has 1 amide bonds. The molecule has 1 N–H and O–H groups in total. The number of rotatable bonds is 3. The first-order chi connectivity index (χ1) is 10.2. The zero-order valence-electron chi connectivity index (χ0n) is 11.8. The van der Waals surface area contributed by atoms with E-state index in [9.17, 15) is 4.79 Å². The summed E-state index contributed by atoms with van der Waals surface area (Å²) in [4.78, 5) is 15.9. The van der Waals surface area contributed by atoms with E-state index >= 15 is 0 Å². The second kappa shape index (κ2) is 5.83. The van der Waals surface area contributed by atoms with Crippen LogP contribution in [0.4, 0.5) is 0 Å². The number of aryl methyl sites for hydroxylation is 1. The minimum atomic E-state index is -0.119. The zero-order valence-corrected chi connectivity index (χ0v) is 11.8. The van der Waals surface area contributed by atoms with Crippen LogP contribution in [-0.4, -0.2) is 24.1 Å². The van der Waals surface area contributed by atoms with Gasteiger partial charge >= 0.3 is 0 Å². The smallest absolute Gasteiger partial charge is 0.251 e. The average molecular weight is 284 g/mol. The Kier molecular flexibility index (Phi) is 3.73. The predicted octanol–water partition coefficient (Wildman–Crippen LogP) is 2.09. The predicted molar refractivity (Wildman–Crippen MR) is 77.6 cm³/mol. The van der Waals surface area contributed by atoms with Gasteiger partial charge in [-0.1, -0.05) is 0 Å². The van der Waals surface area contributed by atoms with Gasteiger partial charge in [-0.2, -0.15) is 0 Å². The Bertz CT molecular complexity index is 656. The molecule has 2 aromatic rings. The van der Waals surface area contributed by atoms with Gasteiger partial charge in [0.25, 0.3) is 5.91 Å². The first kappa shape index (κ1) is 13.4. The number of pyridine rings is 1. The lowest BCUT2D eigenvalue weighted by atomic mass is 10.1. The van der Waals surface area contributed by atoms with Crippen molar-refractivity contribution in [2.24, 2.45) is 0 Å². The molecule has 21 heavy (non-hydrogen) atoms. The minimum absolute atomic E-state index is 0.119. The lowest BCUT2D eigenvalue weighted by Gasteiger charge is -2.20. The SMILES string of the molecule is Cc1cc2c(cc1CNC(=O)c1ccncc1)OCCO2. The van der Waals surface area contributed by atoms with E-state index in [1.165, 1.54) is 0 Å². The molecule has 1 aliphatic rings. The highest BCUT2D eigenvalue weighted by atomic mass is 16.6. The van der Waals surface area contributed by atoms with E-state index in [0.29, 0.717) is 25.3 Å². The monoisotopic (exact) mass is 284 g/mol. The van der Waals surface area contributed by atoms with Crippen molar-refractivity contribution in [3.05, 3.63) is 53.3 Å². The molecule has 0 spiro atoms. The number of nitrogens with zero attached hydrogens (tertiary/aromatic N) is 1. The Balaban J connectivity index is 1.72. The molecule has 0 fully saturated rings. The summed E-state index contributed by atoms with van der Waals surface area (Å²) in [7, 11) is 0. The second-order valence-corrected chi connectivity index (χ2v) is 4.84. The van der Waals surface area contributed by atoms with Crippen LogP contribution in [0.1, 0.15) is 21.5 Å². The minimum Gasteiger partial charge on any atom is -0.486 e. The zero-order chi connectivity index (χ0) is 14.7. The molecular weight excluding hydrogens is 268 g/mol. The number of aromatic nitrogens is 1. The van der Waals surface area contributed by atoms with E-state index in [0.717, 1.165) is 22.6 Å². The summed E-state index contributed by atoms with van der Waals surface area (Å²) >= 11 is 0. The van der Waals surface area contributed by atoms with Crippen LogP contribution in [0, 0.1) is 6.92 Å². The third-order valence-corrected chi connectivity index (χ3v) is 3.38. The van der Waals surface area contributed by atoms with Crippen LogP contribution in [0.2, 0.25) is 0 Å². The molecule has 0 radical (unpaired) electrons. The van der Waals surface area contributed by atoms with E-state index in [1.807, 2.05) is 19.1 Å². The van der Waals surface area contributed by atoms with E-state index in [1.54, 1.807) is 24.5 Å². The van der Waals surface area contributed by atoms with Gasteiger partial charge < -0.3 is 14.8 Å². The van der Waals surface area contributed by atoms with Crippen molar-refractivity contribution in [2.75, 3.05) is 13.2 Å². The Morgan fingerprint density at radius 2 is 1.86 bits per heavy atom. The summed E-state index contributed by atoms with van der Waals surface area (Å²) in [6.45, 7) is 3.57. The van der Waals surface area contributed by atoms with E-state index in [4.69, 9.17) is 9.47 Å². The standard InChI is InChI=1S/C16H16N2O3/c1-11-8-14-15(21-7-6-20-14)9-13(11)10-18-16(19)12-2-4-17-5-3-12/h2-5,8-9H,6-7,10H2,1H3,(H,18,19). The lowest BCUT2D eigenvalue weighted by molar-refractivity contribution is 0.0950. The third-order valence-electron chi connectivity index (χ3n) is 3.38. The molecule has 2 heterocycles. The fraction of sp³-hybridized carbons (Fsp3) is 0.250. The van der Waals surface area contributed by atoms with Crippen molar-refractivity contribution < 1.29 is 14.3 Å². The number of ether oxygens (including phenoxy) is 2. The van der Waals surface area contributed by atoms with Gasteiger partial charge in [-0.05, 0) is 42.3 Å².